The Bertz CT molecular complexity index is 762. The van der Waals surface area contributed by atoms with Crippen LogP contribution in [-0.2, 0) is 0 Å². The van der Waals surface area contributed by atoms with Crippen molar-refractivity contribution in [1.82, 2.24) is 0 Å². The molecule has 0 atom stereocenters. The first-order valence-corrected chi connectivity index (χ1v) is 6.12. The van der Waals surface area contributed by atoms with Crippen molar-refractivity contribution in [2.24, 2.45) is 0 Å². The van der Waals surface area contributed by atoms with E-state index in [0.717, 1.165) is 0 Å². The summed E-state index contributed by atoms with van der Waals surface area (Å²) in [5.41, 5.74) is 7.29. The Labute approximate surface area is 114 Å². The molecule has 0 aliphatic carbocycles. The van der Waals surface area contributed by atoms with E-state index in [9.17, 15) is 4.79 Å². The Morgan fingerprint density at radius 2 is 1.84 bits per heavy atom. The minimum absolute atomic E-state index is 0.117. The number of carbonyl (C=O) groups excluding carboxylic acids is 1. The number of anilines is 1. The van der Waals surface area contributed by atoms with Gasteiger partial charge in [-0.3, -0.25) is 4.79 Å². The van der Waals surface area contributed by atoms with Crippen molar-refractivity contribution in [3.05, 3.63) is 64.7 Å². The lowest BCUT2D eigenvalue weighted by molar-refractivity contribution is 0.104. The van der Waals surface area contributed by atoms with Gasteiger partial charge in [-0.05, 0) is 12.1 Å². The van der Waals surface area contributed by atoms with Crippen LogP contribution in [0, 0.1) is 0 Å². The number of furan rings is 1. The van der Waals surface area contributed by atoms with E-state index < -0.39 is 0 Å². The largest absolute Gasteiger partial charge is 0.440 e. The maximum absolute atomic E-state index is 12.5. The van der Waals surface area contributed by atoms with Crippen LogP contribution in [0.25, 0.3) is 11.0 Å². The first-order valence-electron chi connectivity index (χ1n) is 5.74. The molecule has 4 heteroatoms. The molecule has 3 rings (SSSR count). The quantitative estimate of drug-likeness (QED) is 0.719. The minimum atomic E-state index is -0.154. The Balaban J connectivity index is 2.20. The summed E-state index contributed by atoms with van der Waals surface area (Å²) in [5, 5.41) is 1.22. The molecule has 2 aromatic carbocycles. The summed E-state index contributed by atoms with van der Waals surface area (Å²) in [4.78, 5) is 12.5. The molecule has 0 saturated heterocycles. The van der Waals surface area contributed by atoms with E-state index in [1.807, 2.05) is 18.2 Å². The second kappa shape index (κ2) is 4.44. The van der Waals surface area contributed by atoms with Crippen LogP contribution in [0.1, 0.15) is 15.9 Å². The summed E-state index contributed by atoms with van der Waals surface area (Å²) < 4.78 is 5.39. The monoisotopic (exact) mass is 271 g/mol. The summed E-state index contributed by atoms with van der Waals surface area (Å²) in [6.45, 7) is 0. The molecule has 3 aromatic rings. The standard InChI is InChI=1S/C15H10ClNO2/c16-10-6-7-11-12(8-10)19-15(17)13(11)14(18)9-4-2-1-3-5-9/h1-8H,17H2. The van der Waals surface area contributed by atoms with Gasteiger partial charge in [0.05, 0.1) is 5.56 Å². The van der Waals surface area contributed by atoms with Crippen molar-refractivity contribution in [3.63, 3.8) is 0 Å². The molecule has 0 saturated carbocycles. The molecule has 2 N–H and O–H groups in total. The van der Waals surface area contributed by atoms with Crippen molar-refractivity contribution in [2.45, 2.75) is 0 Å². The van der Waals surface area contributed by atoms with Gasteiger partial charge in [0.1, 0.15) is 5.58 Å². The average molecular weight is 272 g/mol. The van der Waals surface area contributed by atoms with Gasteiger partial charge in [-0.25, -0.2) is 0 Å². The molecule has 94 valence electrons. The highest BCUT2D eigenvalue weighted by Gasteiger charge is 2.20. The smallest absolute Gasteiger partial charge is 0.202 e. The normalized spacial score (nSPS) is 10.8. The van der Waals surface area contributed by atoms with E-state index in [1.54, 1.807) is 30.3 Å². The number of benzene rings is 2. The van der Waals surface area contributed by atoms with Crippen molar-refractivity contribution in [2.75, 3.05) is 5.73 Å². The van der Waals surface area contributed by atoms with Crippen molar-refractivity contribution >= 4 is 34.2 Å². The van der Waals surface area contributed by atoms with Crippen LogP contribution in [0.2, 0.25) is 5.02 Å². The van der Waals surface area contributed by atoms with E-state index in [-0.39, 0.29) is 11.7 Å². The molecular formula is C15H10ClNO2. The van der Waals surface area contributed by atoms with Gasteiger partial charge in [-0.15, -0.1) is 0 Å². The molecule has 0 fully saturated rings. The number of rotatable bonds is 2. The van der Waals surface area contributed by atoms with E-state index in [2.05, 4.69) is 0 Å². The maximum atomic E-state index is 12.5. The third kappa shape index (κ3) is 1.98. The minimum Gasteiger partial charge on any atom is -0.440 e. The number of fused-ring (bicyclic) bond motifs is 1. The van der Waals surface area contributed by atoms with Gasteiger partial charge in [0.25, 0.3) is 0 Å². The third-order valence-electron chi connectivity index (χ3n) is 2.94. The highest BCUT2D eigenvalue weighted by atomic mass is 35.5. The fourth-order valence-electron chi connectivity index (χ4n) is 2.06. The van der Waals surface area contributed by atoms with Gasteiger partial charge in [0, 0.05) is 22.0 Å². The summed E-state index contributed by atoms with van der Waals surface area (Å²) in [6.07, 6.45) is 0. The Morgan fingerprint density at radius 3 is 2.58 bits per heavy atom. The molecule has 0 bridgehead atoms. The van der Waals surface area contributed by atoms with Gasteiger partial charge in [0.2, 0.25) is 5.88 Å². The number of hydrogen-bond donors (Lipinski definition) is 1. The Kier molecular flexibility index (Phi) is 2.76. The molecule has 0 aliphatic heterocycles. The molecule has 19 heavy (non-hydrogen) atoms. The SMILES string of the molecule is Nc1oc2cc(Cl)ccc2c1C(=O)c1ccccc1. The number of nitrogen functional groups attached to an aromatic ring is 1. The number of halogens is 1. The summed E-state index contributed by atoms with van der Waals surface area (Å²) in [6, 6.07) is 14.1. The zero-order valence-corrected chi connectivity index (χ0v) is 10.6. The fraction of sp³-hybridized carbons (Fsp3) is 0. The van der Waals surface area contributed by atoms with Gasteiger partial charge in [0.15, 0.2) is 5.78 Å². The van der Waals surface area contributed by atoms with E-state index in [1.165, 1.54) is 0 Å². The van der Waals surface area contributed by atoms with Crippen molar-refractivity contribution in [3.8, 4) is 0 Å². The van der Waals surface area contributed by atoms with Crippen LogP contribution in [-0.4, -0.2) is 5.78 Å². The lowest BCUT2D eigenvalue weighted by Gasteiger charge is -1.99. The summed E-state index contributed by atoms with van der Waals surface area (Å²) in [7, 11) is 0. The van der Waals surface area contributed by atoms with Crippen molar-refractivity contribution < 1.29 is 9.21 Å². The molecule has 3 nitrogen and oxygen atoms in total. The Hall–Kier alpha value is -2.26. The summed E-state index contributed by atoms with van der Waals surface area (Å²) >= 11 is 5.89. The maximum Gasteiger partial charge on any atom is 0.202 e. The number of hydrogen-bond acceptors (Lipinski definition) is 3. The Morgan fingerprint density at radius 1 is 1.11 bits per heavy atom. The second-order valence-electron chi connectivity index (χ2n) is 4.18. The van der Waals surface area contributed by atoms with Crippen LogP contribution in [0.3, 0.4) is 0 Å². The van der Waals surface area contributed by atoms with Gasteiger partial charge >= 0.3 is 0 Å². The first-order chi connectivity index (χ1) is 9.16. The molecular weight excluding hydrogens is 262 g/mol. The summed E-state index contributed by atoms with van der Waals surface area (Å²) in [5.74, 6) is -0.0368. The van der Waals surface area contributed by atoms with Gasteiger partial charge in [-0.2, -0.15) is 0 Å². The average Bonchev–Trinajstić information content (AvgIpc) is 2.74. The molecule has 0 amide bonds. The highest BCUT2D eigenvalue weighted by Crippen LogP contribution is 2.31. The lowest BCUT2D eigenvalue weighted by atomic mass is 10.0. The first kappa shape index (κ1) is 11.8. The highest BCUT2D eigenvalue weighted by molar-refractivity contribution is 6.31. The lowest BCUT2D eigenvalue weighted by Crippen LogP contribution is -2.03. The van der Waals surface area contributed by atoms with E-state index in [0.29, 0.717) is 27.1 Å². The van der Waals surface area contributed by atoms with Crippen molar-refractivity contribution in [1.29, 1.82) is 0 Å². The molecule has 0 spiro atoms. The predicted octanol–water partition coefficient (Wildman–Crippen LogP) is 3.90. The molecule has 1 heterocycles. The number of ketones is 1. The molecule has 0 unspecified atom stereocenters. The van der Waals surface area contributed by atoms with E-state index in [4.69, 9.17) is 21.8 Å². The van der Waals surface area contributed by atoms with Crippen LogP contribution < -0.4 is 5.73 Å². The fourth-order valence-corrected chi connectivity index (χ4v) is 2.22. The predicted molar refractivity (Wildman–Crippen MR) is 75.5 cm³/mol. The molecule has 1 aromatic heterocycles. The van der Waals surface area contributed by atoms with Crippen LogP contribution in [0.5, 0.6) is 0 Å². The van der Waals surface area contributed by atoms with Crippen LogP contribution in [0.4, 0.5) is 5.88 Å². The van der Waals surface area contributed by atoms with Crippen LogP contribution >= 0.6 is 11.6 Å². The molecule has 0 aliphatic rings. The second-order valence-corrected chi connectivity index (χ2v) is 4.61. The number of nitrogens with two attached hydrogens (primary N) is 1. The zero-order chi connectivity index (χ0) is 13.4. The van der Waals surface area contributed by atoms with Gasteiger partial charge < -0.3 is 10.2 Å². The van der Waals surface area contributed by atoms with Gasteiger partial charge in [-0.1, -0.05) is 41.9 Å². The van der Waals surface area contributed by atoms with Crippen LogP contribution in [0.15, 0.2) is 52.9 Å². The third-order valence-corrected chi connectivity index (χ3v) is 3.18. The molecule has 0 radical (unpaired) electrons. The van der Waals surface area contributed by atoms with E-state index >= 15 is 0 Å². The zero-order valence-electron chi connectivity index (χ0n) is 9.89. The number of carbonyl (C=O) groups is 1. The topological polar surface area (TPSA) is 56.2 Å².